The van der Waals surface area contributed by atoms with Crippen LogP contribution in [0.2, 0.25) is 0 Å². The van der Waals surface area contributed by atoms with Crippen LogP contribution in [0.25, 0.3) is 0 Å². The number of rotatable bonds is 5. The van der Waals surface area contributed by atoms with E-state index in [0.29, 0.717) is 13.1 Å². The number of benzene rings is 1. The van der Waals surface area contributed by atoms with E-state index in [1.807, 2.05) is 0 Å². The molecule has 0 bridgehead atoms. The molecule has 0 radical (unpaired) electrons. The Morgan fingerprint density at radius 3 is 2.50 bits per heavy atom. The van der Waals surface area contributed by atoms with Gasteiger partial charge in [-0.3, -0.25) is 0 Å². The van der Waals surface area contributed by atoms with Gasteiger partial charge < -0.3 is 15.5 Å². The lowest BCUT2D eigenvalue weighted by Crippen LogP contribution is -2.40. The molecule has 0 aliphatic carbocycles. The highest BCUT2D eigenvalue weighted by Gasteiger charge is 2.17. The van der Waals surface area contributed by atoms with E-state index in [1.54, 1.807) is 6.92 Å². The Kier molecular flexibility index (Phi) is 4.47. The van der Waals surface area contributed by atoms with Gasteiger partial charge in [0.15, 0.2) is 0 Å². The van der Waals surface area contributed by atoms with Crippen LogP contribution < -0.4 is 5.32 Å². The molecule has 1 unspecified atom stereocenters. The van der Waals surface area contributed by atoms with Crippen LogP contribution in [0.5, 0.6) is 0 Å². The van der Waals surface area contributed by atoms with Crippen molar-refractivity contribution in [2.75, 3.05) is 13.2 Å². The van der Waals surface area contributed by atoms with Crippen LogP contribution in [0.1, 0.15) is 23.6 Å². The van der Waals surface area contributed by atoms with Gasteiger partial charge in [-0.1, -0.05) is 18.2 Å². The molecule has 0 saturated carbocycles. The van der Waals surface area contributed by atoms with Crippen LogP contribution in [-0.4, -0.2) is 29.0 Å². The van der Waals surface area contributed by atoms with Gasteiger partial charge in [-0.15, -0.1) is 0 Å². The predicted octanol–water partition coefficient (Wildman–Crippen LogP) is 1.14. The summed E-state index contributed by atoms with van der Waals surface area (Å²) >= 11 is 0. The number of aryl methyl sites for hydroxylation is 2. The van der Waals surface area contributed by atoms with Gasteiger partial charge in [0, 0.05) is 13.1 Å². The summed E-state index contributed by atoms with van der Waals surface area (Å²) in [4.78, 5) is 0. The Labute approximate surface area is 97.1 Å². The summed E-state index contributed by atoms with van der Waals surface area (Å²) in [7, 11) is 0. The van der Waals surface area contributed by atoms with E-state index in [1.165, 1.54) is 16.7 Å². The normalized spacial score (nSPS) is 14.8. The van der Waals surface area contributed by atoms with Crippen LogP contribution in [0.4, 0.5) is 0 Å². The molecule has 1 aromatic carbocycles. The third-order valence-corrected chi connectivity index (χ3v) is 2.75. The quantitative estimate of drug-likeness (QED) is 0.701. The van der Waals surface area contributed by atoms with Crippen molar-refractivity contribution in [2.45, 2.75) is 32.9 Å². The second-order valence-corrected chi connectivity index (χ2v) is 4.68. The first-order valence-corrected chi connectivity index (χ1v) is 5.55. The van der Waals surface area contributed by atoms with Crippen molar-refractivity contribution in [2.24, 2.45) is 0 Å². The van der Waals surface area contributed by atoms with Crippen molar-refractivity contribution in [1.29, 1.82) is 0 Å². The topological polar surface area (TPSA) is 52.5 Å². The molecule has 0 aliphatic heterocycles. The first-order valence-electron chi connectivity index (χ1n) is 5.55. The van der Waals surface area contributed by atoms with E-state index < -0.39 is 5.60 Å². The van der Waals surface area contributed by atoms with Gasteiger partial charge >= 0.3 is 0 Å². The number of aliphatic hydroxyl groups excluding tert-OH is 1. The zero-order chi connectivity index (χ0) is 12.2. The first-order chi connectivity index (χ1) is 7.44. The lowest BCUT2D eigenvalue weighted by atomic mass is 10.1. The zero-order valence-corrected chi connectivity index (χ0v) is 10.2. The molecule has 16 heavy (non-hydrogen) atoms. The van der Waals surface area contributed by atoms with Crippen LogP contribution in [-0.2, 0) is 6.54 Å². The monoisotopic (exact) mass is 223 g/mol. The molecule has 90 valence electrons. The van der Waals surface area contributed by atoms with Gasteiger partial charge in [0.1, 0.15) is 0 Å². The van der Waals surface area contributed by atoms with Crippen molar-refractivity contribution in [3.05, 3.63) is 34.9 Å². The van der Waals surface area contributed by atoms with E-state index in [0.717, 1.165) is 0 Å². The molecule has 0 fully saturated rings. The fourth-order valence-electron chi connectivity index (χ4n) is 1.45. The number of hydrogen-bond acceptors (Lipinski definition) is 3. The summed E-state index contributed by atoms with van der Waals surface area (Å²) in [6, 6.07) is 6.30. The van der Waals surface area contributed by atoms with Crippen molar-refractivity contribution >= 4 is 0 Å². The van der Waals surface area contributed by atoms with E-state index >= 15 is 0 Å². The van der Waals surface area contributed by atoms with E-state index in [4.69, 9.17) is 5.11 Å². The second-order valence-electron chi connectivity index (χ2n) is 4.68. The molecule has 0 amide bonds. The van der Waals surface area contributed by atoms with Crippen molar-refractivity contribution in [3.8, 4) is 0 Å². The lowest BCUT2D eigenvalue weighted by molar-refractivity contribution is 0.00254. The van der Waals surface area contributed by atoms with Crippen molar-refractivity contribution in [1.82, 2.24) is 5.32 Å². The molecule has 3 N–H and O–H groups in total. The fraction of sp³-hybridized carbons (Fsp3) is 0.538. The summed E-state index contributed by atoms with van der Waals surface area (Å²) in [5.41, 5.74) is 2.70. The van der Waals surface area contributed by atoms with Crippen LogP contribution in [0, 0.1) is 13.8 Å². The zero-order valence-electron chi connectivity index (χ0n) is 10.2. The minimum Gasteiger partial charge on any atom is -0.393 e. The SMILES string of the molecule is Cc1ccc(CNCC(C)(O)CO)cc1C. The van der Waals surface area contributed by atoms with Gasteiger partial charge in [0.05, 0.1) is 12.2 Å². The van der Waals surface area contributed by atoms with Crippen LogP contribution in [0.3, 0.4) is 0 Å². The summed E-state index contributed by atoms with van der Waals surface area (Å²) in [6.45, 7) is 6.65. The molecule has 0 aromatic heterocycles. The van der Waals surface area contributed by atoms with Crippen molar-refractivity contribution < 1.29 is 10.2 Å². The molecule has 0 aliphatic rings. The Bertz CT molecular complexity index is 348. The third-order valence-electron chi connectivity index (χ3n) is 2.75. The number of aliphatic hydroxyl groups is 2. The number of hydrogen-bond donors (Lipinski definition) is 3. The minimum atomic E-state index is -1.04. The Balaban J connectivity index is 2.46. The van der Waals surface area contributed by atoms with E-state index in [9.17, 15) is 5.11 Å². The first kappa shape index (κ1) is 13.2. The Hall–Kier alpha value is -0.900. The van der Waals surface area contributed by atoms with Gasteiger partial charge in [-0.05, 0) is 37.5 Å². The predicted molar refractivity (Wildman–Crippen MR) is 65.3 cm³/mol. The maximum atomic E-state index is 9.59. The van der Waals surface area contributed by atoms with Crippen molar-refractivity contribution in [3.63, 3.8) is 0 Å². The fourth-order valence-corrected chi connectivity index (χ4v) is 1.45. The van der Waals surface area contributed by atoms with E-state index in [2.05, 4.69) is 37.4 Å². The van der Waals surface area contributed by atoms with Gasteiger partial charge in [-0.25, -0.2) is 0 Å². The van der Waals surface area contributed by atoms with Crippen LogP contribution >= 0.6 is 0 Å². The van der Waals surface area contributed by atoms with Gasteiger partial charge in [-0.2, -0.15) is 0 Å². The van der Waals surface area contributed by atoms with Crippen LogP contribution in [0.15, 0.2) is 18.2 Å². The molecule has 3 nitrogen and oxygen atoms in total. The van der Waals surface area contributed by atoms with Gasteiger partial charge in [0.25, 0.3) is 0 Å². The molecular formula is C13H21NO2. The molecule has 1 aromatic rings. The summed E-state index contributed by atoms with van der Waals surface area (Å²) in [5.74, 6) is 0. The minimum absolute atomic E-state index is 0.229. The standard InChI is InChI=1S/C13H21NO2/c1-10-4-5-12(6-11(10)2)7-14-8-13(3,16)9-15/h4-6,14-16H,7-9H2,1-3H3. The molecule has 3 heteroatoms. The maximum absolute atomic E-state index is 9.59. The highest BCUT2D eigenvalue weighted by molar-refractivity contribution is 5.29. The molecule has 1 rings (SSSR count). The average Bonchev–Trinajstić information content (AvgIpc) is 2.23. The molecule has 1 atom stereocenters. The second kappa shape index (κ2) is 5.43. The average molecular weight is 223 g/mol. The Morgan fingerprint density at radius 2 is 1.94 bits per heavy atom. The molecule has 0 saturated heterocycles. The smallest absolute Gasteiger partial charge is 0.0972 e. The number of nitrogens with one attached hydrogen (secondary N) is 1. The maximum Gasteiger partial charge on any atom is 0.0972 e. The summed E-state index contributed by atoms with van der Waals surface area (Å²) in [6.07, 6.45) is 0. The molecular weight excluding hydrogens is 202 g/mol. The summed E-state index contributed by atoms with van der Waals surface area (Å²) < 4.78 is 0. The molecule has 0 spiro atoms. The third kappa shape index (κ3) is 3.93. The summed E-state index contributed by atoms with van der Waals surface area (Å²) in [5, 5.41) is 21.6. The highest BCUT2D eigenvalue weighted by atomic mass is 16.3. The van der Waals surface area contributed by atoms with E-state index in [-0.39, 0.29) is 6.61 Å². The Morgan fingerprint density at radius 1 is 1.25 bits per heavy atom. The largest absolute Gasteiger partial charge is 0.393 e. The lowest BCUT2D eigenvalue weighted by Gasteiger charge is -2.20. The van der Waals surface area contributed by atoms with Gasteiger partial charge in [0.2, 0.25) is 0 Å². The highest BCUT2D eigenvalue weighted by Crippen LogP contribution is 2.09. The molecule has 0 heterocycles.